The molecule has 0 radical (unpaired) electrons. The van der Waals surface area contributed by atoms with E-state index in [1.807, 2.05) is 31.3 Å². The molecule has 2 atom stereocenters. The fourth-order valence-corrected chi connectivity index (χ4v) is 2.74. The van der Waals surface area contributed by atoms with Crippen LogP contribution < -0.4 is 4.90 Å². The third kappa shape index (κ3) is 2.22. The van der Waals surface area contributed by atoms with Crippen LogP contribution in [-0.2, 0) is 0 Å². The largest absolute Gasteiger partial charge is 0.478 e. The molecule has 1 aromatic carbocycles. The van der Waals surface area contributed by atoms with Gasteiger partial charge in [-0.25, -0.2) is 9.78 Å². The Balaban J connectivity index is 2.03. The monoisotopic (exact) mass is 270 g/mol. The zero-order chi connectivity index (χ0) is 14.3. The molecule has 0 bridgehead atoms. The molecule has 1 aromatic heterocycles. The Morgan fingerprint density at radius 2 is 2.05 bits per heavy atom. The smallest absolute Gasteiger partial charge is 0.337 e. The summed E-state index contributed by atoms with van der Waals surface area (Å²) in [6, 6.07) is 7.57. The summed E-state index contributed by atoms with van der Waals surface area (Å²) < 4.78 is 0. The van der Waals surface area contributed by atoms with Gasteiger partial charge in [-0.05, 0) is 18.3 Å². The van der Waals surface area contributed by atoms with Crippen LogP contribution in [0.3, 0.4) is 0 Å². The maximum absolute atomic E-state index is 11.3. The van der Waals surface area contributed by atoms with Crippen LogP contribution in [0.2, 0.25) is 0 Å². The first-order valence-electron chi connectivity index (χ1n) is 6.90. The lowest BCUT2D eigenvalue weighted by atomic mass is 10.1. The van der Waals surface area contributed by atoms with Gasteiger partial charge in [-0.15, -0.1) is 0 Å². The lowest BCUT2D eigenvalue weighted by molar-refractivity contribution is 0.0698. The van der Waals surface area contributed by atoms with E-state index in [4.69, 9.17) is 0 Å². The van der Waals surface area contributed by atoms with Crippen LogP contribution in [0, 0.1) is 11.8 Å². The highest BCUT2D eigenvalue weighted by atomic mass is 16.4. The molecule has 0 saturated heterocycles. The van der Waals surface area contributed by atoms with E-state index < -0.39 is 5.97 Å². The first-order chi connectivity index (χ1) is 9.58. The maximum atomic E-state index is 11.3. The SMILES string of the molecule is CC1CC1CN(C)c1ncc(C(=O)O)c2ccccc12. The van der Waals surface area contributed by atoms with Crippen molar-refractivity contribution in [3.8, 4) is 0 Å². The summed E-state index contributed by atoms with van der Waals surface area (Å²) in [5.74, 6) is 1.46. The molecule has 20 heavy (non-hydrogen) atoms. The van der Waals surface area contributed by atoms with Crippen molar-refractivity contribution in [3.05, 3.63) is 36.0 Å². The number of aromatic nitrogens is 1. The second-order valence-corrected chi connectivity index (χ2v) is 5.70. The summed E-state index contributed by atoms with van der Waals surface area (Å²) in [6.45, 7) is 3.24. The van der Waals surface area contributed by atoms with E-state index in [1.54, 1.807) is 0 Å². The minimum Gasteiger partial charge on any atom is -0.478 e. The molecule has 4 heteroatoms. The number of nitrogens with zero attached hydrogens (tertiary/aromatic N) is 2. The molecule has 2 unspecified atom stereocenters. The first kappa shape index (κ1) is 12.9. The van der Waals surface area contributed by atoms with Crippen LogP contribution >= 0.6 is 0 Å². The van der Waals surface area contributed by atoms with Crippen molar-refractivity contribution in [2.75, 3.05) is 18.5 Å². The van der Waals surface area contributed by atoms with Crippen LogP contribution in [-0.4, -0.2) is 29.7 Å². The minimum absolute atomic E-state index is 0.262. The summed E-state index contributed by atoms with van der Waals surface area (Å²) in [4.78, 5) is 17.8. The zero-order valence-electron chi connectivity index (χ0n) is 11.7. The van der Waals surface area contributed by atoms with Gasteiger partial charge in [0.1, 0.15) is 5.82 Å². The second kappa shape index (κ2) is 4.78. The molecule has 1 fully saturated rings. The van der Waals surface area contributed by atoms with E-state index in [0.29, 0.717) is 0 Å². The highest BCUT2D eigenvalue weighted by Crippen LogP contribution is 2.39. The van der Waals surface area contributed by atoms with E-state index in [9.17, 15) is 9.90 Å². The average molecular weight is 270 g/mol. The van der Waals surface area contributed by atoms with E-state index in [1.165, 1.54) is 12.6 Å². The van der Waals surface area contributed by atoms with Gasteiger partial charge in [-0.3, -0.25) is 0 Å². The van der Waals surface area contributed by atoms with Gasteiger partial charge in [0.25, 0.3) is 0 Å². The summed E-state index contributed by atoms with van der Waals surface area (Å²) in [6.07, 6.45) is 2.74. The molecule has 1 N–H and O–H groups in total. The van der Waals surface area contributed by atoms with Crippen molar-refractivity contribution in [1.82, 2.24) is 4.98 Å². The number of rotatable bonds is 4. The zero-order valence-corrected chi connectivity index (χ0v) is 11.7. The fraction of sp³-hybridized carbons (Fsp3) is 0.375. The van der Waals surface area contributed by atoms with Crippen LogP contribution in [0.1, 0.15) is 23.7 Å². The Labute approximate surface area is 118 Å². The van der Waals surface area contributed by atoms with Crippen molar-refractivity contribution in [1.29, 1.82) is 0 Å². The van der Waals surface area contributed by atoms with Gasteiger partial charge in [-0.2, -0.15) is 0 Å². The Kier molecular flexibility index (Phi) is 3.08. The Bertz CT molecular complexity index is 669. The number of benzene rings is 1. The first-order valence-corrected chi connectivity index (χ1v) is 6.90. The van der Waals surface area contributed by atoms with Crippen LogP contribution in [0.15, 0.2) is 30.5 Å². The molecule has 1 heterocycles. The predicted octanol–water partition coefficient (Wildman–Crippen LogP) is 3.03. The van der Waals surface area contributed by atoms with E-state index in [2.05, 4.69) is 16.8 Å². The lowest BCUT2D eigenvalue weighted by Crippen LogP contribution is -2.22. The van der Waals surface area contributed by atoms with Crippen molar-refractivity contribution in [2.24, 2.45) is 11.8 Å². The minimum atomic E-state index is -0.932. The van der Waals surface area contributed by atoms with Gasteiger partial charge in [0.2, 0.25) is 0 Å². The Morgan fingerprint density at radius 1 is 1.40 bits per heavy atom. The van der Waals surface area contributed by atoms with E-state index >= 15 is 0 Å². The number of carboxylic acids is 1. The highest BCUT2D eigenvalue weighted by molar-refractivity contribution is 6.06. The standard InChI is InChI=1S/C16H18N2O2/c1-10-7-11(10)9-18(2)15-13-6-4-3-5-12(13)14(8-17-15)16(19)20/h3-6,8,10-11H,7,9H2,1-2H3,(H,19,20). The van der Waals surface area contributed by atoms with Crippen molar-refractivity contribution < 1.29 is 9.90 Å². The van der Waals surface area contributed by atoms with Crippen LogP contribution in [0.5, 0.6) is 0 Å². The van der Waals surface area contributed by atoms with E-state index in [-0.39, 0.29) is 5.56 Å². The Morgan fingerprint density at radius 3 is 2.65 bits per heavy atom. The molecular weight excluding hydrogens is 252 g/mol. The number of hydrogen-bond acceptors (Lipinski definition) is 3. The number of hydrogen-bond donors (Lipinski definition) is 1. The van der Waals surface area contributed by atoms with Gasteiger partial charge in [0, 0.05) is 30.6 Å². The normalized spacial score (nSPS) is 20.9. The number of pyridine rings is 1. The molecule has 0 aliphatic heterocycles. The summed E-state index contributed by atoms with van der Waals surface area (Å²) in [5.41, 5.74) is 0.262. The third-order valence-corrected chi connectivity index (χ3v) is 4.15. The number of aromatic carboxylic acids is 1. The van der Waals surface area contributed by atoms with Crippen LogP contribution in [0.25, 0.3) is 10.8 Å². The quantitative estimate of drug-likeness (QED) is 0.927. The van der Waals surface area contributed by atoms with Gasteiger partial charge in [-0.1, -0.05) is 31.2 Å². The number of carboxylic acid groups (broad SMARTS) is 1. The number of anilines is 1. The summed E-state index contributed by atoms with van der Waals surface area (Å²) in [5, 5.41) is 10.9. The Hall–Kier alpha value is -2.10. The summed E-state index contributed by atoms with van der Waals surface area (Å²) in [7, 11) is 2.03. The summed E-state index contributed by atoms with van der Waals surface area (Å²) >= 11 is 0. The fourth-order valence-electron chi connectivity index (χ4n) is 2.74. The maximum Gasteiger partial charge on any atom is 0.337 e. The van der Waals surface area contributed by atoms with Gasteiger partial charge in [0.15, 0.2) is 0 Å². The molecule has 2 aromatic rings. The molecule has 1 saturated carbocycles. The third-order valence-electron chi connectivity index (χ3n) is 4.15. The van der Waals surface area contributed by atoms with Gasteiger partial charge in [0.05, 0.1) is 5.56 Å². The molecule has 1 aliphatic carbocycles. The van der Waals surface area contributed by atoms with Crippen molar-refractivity contribution >= 4 is 22.6 Å². The van der Waals surface area contributed by atoms with Gasteiger partial charge < -0.3 is 10.0 Å². The topological polar surface area (TPSA) is 53.4 Å². The molecule has 1 aliphatic rings. The number of fused-ring (bicyclic) bond motifs is 1. The molecule has 0 spiro atoms. The molecular formula is C16H18N2O2. The van der Waals surface area contributed by atoms with Crippen molar-refractivity contribution in [3.63, 3.8) is 0 Å². The predicted molar refractivity (Wildman–Crippen MR) is 79.2 cm³/mol. The van der Waals surface area contributed by atoms with Gasteiger partial charge >= 0.3 is 5.97 Å². The van der Waals surface area contributed by atoms with E-state index in [0.717, 1.165) is 35.0 Å². The molecule has 0 amide bonds. The average Bonchev–Trinajstić information content (AvgIpc) is 3.12. The number of carbonyl (C=O) groups is 1. The second-order valence-electron chi connectivity index (χ2n) is 5.70. The molecule has 4 nitrogen and oxygen atoms in total. The van der Waals surface area contributed by atoms with Crippen LogP contribution in [0.4, 0.5) is 5.82 Å². The highest BCUT2D eigenvalue weighted by Gasteiger charge is 2.33. The molecule has 104 valence electrons. The molecule has 3 rings (SSSR count). The lowest BCUT2D eigenvalue weighted by Gasteiger charge is -2.20. The van der Waals surface area contributed by atoms with Crippen molar-refractivity contribution in [2.45, 2.75) is 13.3 Å².